The number of fused-ring (bicyclic) bond motifs is 1. The van der Waals surface area contributed by atoms with Crippen LogP contribution in [0.2, 0.25) is 0 Å². The van der Waals surface area contributed by atoms with Crippen molar-refractivity contribution in [2.45, 2.75) is 13.1 Å². The Bertz CT molecular complexity index is 872. The number of hydrogen-bond donors (Lipinski definition) is 5. The van der Waals surface area contributed by atoms with Gasteiger partial charge in [-0.25, -0.2) is 0 Å². The molecule has 9 heteroatoms. The number of nitrogens with one attached hydrogen (secondary N) is 1. The van der Waals surface area contributed by atoms with E-state index in [4.69, 9.17) is 17.2 Å². The number of pyridine rings is 1. The average molecular weight is 413 g/mol. The first-order chi connectivity index (χ1) is 14.5. The Kier molecular flexibility index (Phi) is 8.30. The number of aliphatic imine (C=N–C) groups is 1. The van der Waals surface area contributed by atoms with E-state index in [0.717, 1.165) is 28.2 Å². The molecule has 2 rings (SSSR count). The molecule has 1 aromatic rings. The number of likely N-dealkylation sites (N-methyl/N-ethyl adjacent to an activating group) is 2. The fourth-order valence-electron chi connectivity index (χ4n) is 3.20. The third-order valence-corrected chi connectivity index (χ3v) is 4.82. The van der Waals surface area contributed by atoms with Crippen LogP contribution in [0.5, 0.6) is 0 Å². The molecule has 0 saturated carbocycles. The number of aliphatic hydroxyl groups excluding tert-OH is 1. The van der Waals surface area contributed by atoms with Crippen molar-refractivity contribution in [2.24, 2.45) is 22.2 Å². The summed E-state index contributed by atoms with van der Waals surface area (Å²) in [5.41, 5.74) is 21.9. The van der Waals surface area contributed by atoms with Gasteiger partial charge in [0.15, 0.2) is 0 Å². The minimum Gasteiger partial charge on any atom is -0.404 e. The maximum absolute atomic E-state index is 9.23. The third-order valence-electron chi connectivity index (χ3n) is 4.82. The topological polar surface area (TPSA) is 142 Å². The van der Waals surface area contributed by atoms with Gasteiger partial charge < -0.3 is 37.4 Å². The number of nitrogens with two attached hydrogens (primary N) is 3. The van der Waals surface area contributed by atoms with Crippen molar-refractivity contribution in [3.8, 4) is 0 Å². The summed E-state index contributed by atoms with van der Waals surface area (Å²) >= 11 is 0. The minimum absolute atomic E-state index is 0.0363. The molecule has 8 N–H and O–H groups in total. The highest BCUT2D eigenvalue weighted by atomic mass is 16.3. The molecule has 2 heterocycles. The number of nitrogens with zero attached hydrogens (tertiary/aromatic N) is 4. The lowest BCUT2D eigenvalue weighted by molar-refractivity contribution is 0.234. The maximum Gasteiger partial charge on any atom is 0.120 e. The van der Waals surface area contributed by atoms with Crippen molar-refractivity contribution in [2.75, 3.05) is 38.7 Å². The van der Waals surface area contributed by atoms with Gasteiger partial charge in [0, 0.05) is 69.2 Å². The lowest BCUT2D eigenvalue weighted by Gasteiger charge is -2.33. The van der Waals surface area contributed by atoms with Crippen molar-refractivity contribution in [1.82, 2.24) is 15.2 Å². The van der Waals surface area contributed by atoms with Gasteiger partial charge in [-0.05, 0) is 25.1 Å². The maximum atomic E-state index is 9.23. The van der Waals surface area contributed by atoms with Crippen LogP contribution < -0.4 is 27.4 Å². The zero-order valence-corrected chi connectivity index (χ0v) is 17.8. The van der Waals surface area contributed by atoms with Crippen molar-refractivity contribution >= 4 is 23.6 Å². The van der Waals surface area contributed by atoms with Gasteiger partial charge in [0.2, 0.25) is 0 Å². The van der Waals surface area contributed by atoms with Crippen LogP contribution >= 0.6 is 0 Å². The van der Waals surface area contributed by atoms with Crippen molar-refractivity contribution < 1.29 is 5.11 Å². The normalized spacial score (nSPS) is 17.4. The van der Waals surface area contributed by atoms with E-state index >= 15 is 0 Å². The second-order valence-corrected chi connectivity index (χ2v) is 6.69. The van der Waals surface area contributed by atoms with E-state index < -0.39 is 0 Å². The second kappa shape index (κ2) is 10.9. The SMILES string of the molecule is CCN(CCO)C(/C=C(\N)NC1C=Cc2ncc(C(C=NC)=CN)cc2N1C)=C/N. The van der Waals surface area contributed by atoms with Crippen LogP contribution in [0.3, 0.4) is 0 Å². The van der Waals surface area contributed by atoms with E-state index in [9.17, 15) is 5.11 Å². The number of allylic oxidation sites excluding steroid dienone is 2. The molecule has 1 atom stereocenters. The zero-order valence-electron chi connectivity index (χ0n) is 17.8. The Labute approximate surface area is 178 Å². The number of hydrogen-bond acceptors (Lipinski definition) is 9. The molecule has 1 unspecified atom stereocenters. The van der Waals surface area contributed by atoms with Gasteiger partial charge in [-0.2, -0.15) is 0 Å². The monoisotopic (exact) mass is 412 g/mol. The first-order valence-electron chi connectivity index (χ1n) is 9.75. The Hall–Kier alpha value is -3.46. The van der Waals surface area contributed by atoms with E-state index in [-0.39, 0.29) is 12.8 Å². The molecular weight excluding hydrogens is 380 g/mol. The van der Waals surface area contributed by atoms with Crippen LogP contribution in [0.25, 0.3) is 11.6 Å². The van der Waals surface area contributed by atoms with Gasteiger partial charge in [0.25, 0.3) is 0 Å². The van der Waals surface area contributed by atoms with Gasteiger partial charge in [0.05, 0.1) is 29.5 Å². The molecule has 1 aliphatic rings. The zero-order chi connectivity index (χ0) is 22.1. The van der Waals surface area contributed by atoms with Crippen molar-refractivity contribution in [1.29, 1.82) is 0 Å². The lowest BCUT2D eigenvalue weighted by Crippen LogP contribution is -2.45. The molecule has 0 saturated heterocycles. The largest absolute Gasteiger partial charge is 0.404 e. The van der Waals surface area contributed by atoms with Crippen molar-refractivity contribution in [3.63, 3.8) is 0 Å². The smallest absolute Gasteiger partial charge is 0.120 e. The number of anilines is 1. The lowest BCUT2D eigenvalue weighted by atomic mass is 10.1. The second-order valence-electron chi connectivity index (χ2n) is 6.69. The summed E-state index contributed by atoms with van der Waals surface area (Å²) in [6, 6.07) is 2.02. The first-order valence-corrected chi connectivity index (χ1v) is 9.75. The van der Waals surface area contributed by atoms with Crippen LogP contribution in [0.15, 0.2) is 53.3 Å². The summed E-state index contributed by atoms with van der Waals surface area (Å²) in [5.74, 6) is 0.456. The predicted octanol–water partition coefficient (Wildman–Crippen LogP) is 0.375. The summed E-state index contributed by atoms with van der Waals surface area (Å²) in [6.45, 7) is 3.21. The molecule has 162 valence electrons. The summed E-state index contributed by atoms with van der Waals surface area (Å²) in [7, 11) is 3.66. The van der Waals surface area contributed by atoms with Crippen LogP contribution in [0, 0.1) is 0 Å². The van der Waals surface area contributed by atoms with Gasteiger partial charge in [-0.3, -0.25) is 9.98 Å². The van der Waals surface area contributed by atoms with Crippen LogP contribution in [-0.2, 0) is 0 Å². The summed E-state index contributed by atoms with van der Waals surface area (Å²) in [5, 5.41) is 12.5. The highest BCUT2D eigenvalue weighted by Gasteiger charge is 2.21. The minimum atomic E-state index is -0.178. The Morgan fingerprint density at radius 1 is 1.40 bits per heavy atom. The van der Waals surface area contributed by atoms with Gasteiger partial charge in [-0.15, -0.1) is 0 Å². The fraction of sp³-hybridized carbons (Fsp3) is 0.333. The van der Waals surface area contributed by atoms with Gasteiger partial charge >= 0.3 is 0 Å². The van der Waals surface area contributed by atoms with Gasteiger partial charge in [0.1, 0.15) is 6.17 Å². The Balaban J connectivity index is 2.23. The Morgan fingerprint density at radius 2 is 2.17 bits per heavy atom. The molecule has 1 aliphatic heterocycles. The van der Waals surface area contributed by atoms with E-state index in [1.807, 2.05) is 42.0 Å². The molecule has 0 aliphatic carbocycles. The van der Waals surface area contributed by atoms with Crippen LogP contribution in [0.4, 0.5) is 5.69 Å². The number of rotatable bonds is 9. The third kappa shape index (κ3) is 5.32. The molecule has 1 aromatic heterocycles. The fourth-order valence-corrected chi connectivity index (χ4v) is 3.20. The molecule has 0 amide bonds. The number of aromatic nitrogens is 1. The molecule has 9 nitrogen and oxygen atoms in total. The van der Waals surface area contributed by atoms with Crippen LogP contribution in [-0.4, -0.2) is 61.2 Å². The molecule has 0 radical (unpaired) electrons. The quantitative estimate of drug-likeness (QED) is 0.289. The molecule has 0 aromatic carbocycles. The van der Waals surface area contributed by atoms with E-state index in [1.165, 1.54) is 12.4 Å². The van der Waals surface area contributed by atoms with Crippen LogP contribution in [0.1, 0.15) is 18.2 Å². The van der Waals surface area contributed by atoms with Crippen molar-refractivity contribution in [3.05, 3.63) is 59.6 Å². The molecular formula is C21H32N8O. The molecule has 0 bridgehead atoms. The highest BCUT2D eigenvalue weighted by molar-refractivity contribution is 6.09. The molecule has 30 heavy (non-hydrogen) atoms. The van der Waals surface area contributed by atoms with E-state index in [1.54, 1.807) is 25.5 Å². The van der Waals surface area contributed by atoms with E-state index in [2.05, 4.69) is 15.3 Å². The highest BCUT2D eigenvalue weighted by Crippen LogP contribution is 2.28. The molecule has 0 fully saturated rings. The predicted molar refractivity (Wildman–Crippen MR) is 124 cm³/mol. The van der Waals surface area contributed by atoms with E-state index in [0.29, 0.717) is 18.9 Å². The average Bonchev–Trinajstić information content (AvgIpc) is 2.76. The number of aliphatic hydroxyl groups is 1. The Morgan fingerprint density at radius 3 is 2.77 bits per heavy atom. The van der Waals surface area contributed by atoms with Gasteiger partial charge in [-0.1, -0.05) is 0 Å². The molecule has 0 spiro atoms. The summed E-state index contributed by atoms with van der Waals surface area (Å²) in [4.78, 5) is 12.6. The summed E-state index contributed by atoms with van der Waals surface area (Å²) < 4.78 is 0. The standard InChI is InChI=1S/C21H32N8O/c1-4-29(7-8-30)17(12-23)10-20(24)27-21-6-5-18-19(28(21)3)9-15(14-26-18)16(11-22)13-25-2/h5-6,9-14,21,27,30H,4,7-8,22-24H2,1-3H3/b16-11?,17-12+,20-10+,25-13?. The summed E-state index contributed by atoms with van der Waals surface area (Å²) in [6.07, 6.45) is 12.0. The first kappa shape index (κ1) is 22.8.